The Hall–Kier alpha value is -0.600. The smallest absolute Gasteiger partial charge is 0.184 e. The molecule has 0 fully saturated rings. The van der Waals surface area contributed by atoms with Gasteiger partial charge in [0.2, 0.25) is 0 Å². The fourth-order valence-electron chi connectivity index (χ4n) is 1.26. The molecule has 0 aliphatic heterocycles. The molecule has 1 aromatic heterocycles. The van der Waals surface area contributed by atoms with E-state index < -0.39 is 0 Å². The molecule has 1 heterocycles. The van der Waals surface area contributed by atoms with Crippen molar-refractivity contribution >= 4 is 33.2 Å². The van der Waals surface area contributed by atoms with E-state index in [0.717, 1.165) is 11.9 Å². The number of hydrogen-bond acceptors (Lipinski definition) is 2. The maximum atomic E-state index is 5.82. The van der Waals surface area contributed by atoms with Gasteiger partial charge in [0.15, 0.2) is 4.47 Å². The van der Waals surface area contributed by atoms with Crippen LogP contribution in [0.15, 0.2) is 18.2 Å². The molecule has 90 valence electrons. The van der Waals surface area contributed by atoms with Crippen LogP contribution in [0.5, 0.6) is 0 Å². The minimum atomic E-state index is 0.630. The van der Waals surface area contributed by atoms with Gasteiger partial charge in [0.25, 0.3) is 0 Å². The first-order valence-electron chi connectivity index (χ1n) is 5.85. The lowest BCUT2D eigenvalue weighted by atomic mass is 10.1. The average molecular weight is 258 g/mol. The van der Waals surface area contributed by atoms with Gasteiger partial charge in [-0.2, -0.15) is 0 Å². The molecule has 0 N–H and O–H groups in total. The van der Waals surface area contributed by atoms with Crippen molar-refractivity contribution in [1.82, 2.24) is 4.98 Å². The molecule has 3 heteroatoms. The van der Waals surface area contributed by atoms with Gasteiger partial charge in [-0.1, -0.05) is 58.4 Å². The van der Waals surface area contributed by atoms with E-state index in [0.29, 0.717) is 4.47 Å². The Kier molecular flexibility index (Phi) is 8.22. The van der Waals surface area contributed by atoms with Crippen LogP contribution >= 0.6 is 22.9 Å². The molecule has 1 nitrogen and oxygen atoms in total. The monoisotopic (exact) mass is 257 g/mol. The van der Waals surface area contributed by atoms with Gasteiger partial charge >= 0.3 is 0 Å². The summed E-state index contributed by atoms with van der Waals surface area (Å²) in [6.07, 6.45) is 1.01. The van der Waals surface area contributed by atoms with Crippen molar-refractivity contribution in [3.8, 4) is 0 Å². The highest BCUT2D eigenvalue weighted by molar-refractivity contribution is 7.22. The van der Waals surface area contributed by atoms with E-state index in [9.17, 15) is 0 Å². The Morgan fingerprint density at radius 3 is 2.38 bits per heavy atom. The van der Waals surface area contributed by atoms with E-state index >= 15 is 0 Å². The third kappa shape index (κ3) is 3.76. The van der Waals surface area contributed by atoms with E-state index in [-0.39, 0.29) is 0 Å². The van der Waals surface area contributed by atoms with E-state index in [1.165, 1.54) is 21.6 Å². The van der Waals surface area contributed by atoms with Gasteiger partial charge in [-0.15, -0.1) is 11.3 Å². The van der Waals surface area contributed by atoms with Crippen LogP contribution in [0, 0.1) is 0 Å². The molecule has 0 saturated heterocycles. The summed E-state index contributed by atoms with van der Waals surface area (Å²) in [5, 5.41) is 0. The first-order valence-corrected chi connectivity index (χ1v) is 7.04. The third-order valence-corrected chi connectivity index (χ3v) is 2.98. The summed E-state index contributed by atoms with van der Waals surface area (Å²) in [6.45, 7) is 10.1. The first kappa shape index (κ1) is 15.4. The van der Waals surface area contributed by atoms with Gasteiger partial charge in [-0.25, -0.2) is 4.98 Å². The molecule has 16 heavy (non-hydrogen) atoms. The van der Waals surface area contributed by atoms with Crippen LogP contribution in [0.25, 0.3) is 10.2 Å². The van der Waals surface area contributed by atoms with E-state index in [1.807, 2.05) is 27.7 Å². The zero-order chi connectivity index (χ0) is 12.6. The highest BCUT2D eigenvalue weighted by Crippen LogP contribution is 2.27. The fraction of sp³-hybridized carbons (Fsp3) is 0.462. The van der Waals surface area contributed by atoms with Crippen LogP contribution in [0.2, 0.25) is 4.47 Å². The van der Waals surface area contributed by atoms with Gasteiger partial charge in [0.05, 0.1) is 10.2 Å². The van der Waals surface area contributed by atoms with Crippen molar-refractivity contribution in [1.29, 1.82) is 0 Å². The number of thiazole rings is 1. The minimum absolute atomic E-state index is 0.630. The second-order valence-corrected chi connectivity index (χ2v) is 4.20. The SMILES string of the molecule is CC.CC.CCc1cccc2sc(Cl)nc12. The first-order chi connectivity index (χ1) is 7.81. The summed E-state index contributed by atoms with van der Waals surface area (Å²) in [6, 6.07) is 6.20. The number of aromatic nitrogens is 1. The molecule has 1 aromatic carbocycles. The Balaban J connectivity index is 0.000000509. The zero-order valence-electron chi connectivity index (χ0n) is 10.7. The maximum Gasteiger partial charge on any atom is 0.184 e. The van der Waals surface area contributed by atoms with Crippen molar-refractivity contribution in [3.63, 3.8) is 0 Å². The molecular formula is C13H20ClNS. The third-order valence-electron chi connectivity index (χ3n) is 1.86. The van der Waals surface area contributed by atoms with Crippen LogP contribution in [0.4, 0.5) is 0 Å². The van der Waals surface area contributed by atoms with Gasteiger partial charge in [0, 0.05) is 0 Å². The molecule has 0 bridgehead atoms. The molecule has 0 unspecified atom stereocenters. The molecule has 2 aromatic rings. The lowest BCUT2D eigenvalue weighted by Crippen LogP contribution is -1.80. The molecule has 0 radical (unpaired) electrons. The average Bonchev–Trinajstić information content (AvgIpc) is 2.74. The highest BCUT2D eigenvalue weighted by atomic mass is 35.5. The number of fused-ring (bicyclic) bond motifs is 1. The van der Waals surface area contributed by atoms with E-state index in [2.05, 4.69) is 30.1 Å². The number of hydrogen-bond donors (Lipinski definition) is 0. The number of nitrogens with zero attached hydrogens (tertiary/aromatic N) is 1. The Morgan fingerprint density at radius 2 is 1.81 bits per heavy atom. The topological polar surface area (TPSA) is 12.9 Å². The fourth-order valence-corrected chi connectivity index (χ4v) is 2.34. The van der Waals surface area contributed by atoms with Gasteiger partial charge in [-0.3, -0.25) is 0 Å². The quantitative estimate of drug-likeness (QED) is 0.651. The van der Waals surface area contributed by atoms with Crippen LogP contribution in [0.3, 0.4) is 0 Å². The van der Waals surface area contributed by atoms with Crippen LogP contribution in [0.1, 0.15) is 40.2 Å². The van der Waals surface area contributed by atoms with Crippen molar-refractivity contribution in [2.45, 2.75) is 41.0 Å². The van der Waals surface area contributed by atoms with Gasteiger partial charge in [0.1, 0.15) is 0 Å². The minimum Gasteiger partial charge on any atom is -0.225 e. The lowest BCUT2D eigenvalue weighted by Gasteiger charge is -1.95. The van der Waals surface area contributed by atoms with E-state index in [1.54, 1.807) is 0 Å². The highest BCUT2D eigenvalue weighted by Gasteiger charge is 2.03. The summed E-state index contributed by atoms with van der Waals surface area (Å²) in [4.78, 5) is 4.27. The maximum absolute atomic E-state index is 5.82. The van der Waals surface area contributed by atoms with Crippen molar-refractivity contribution < 1.29 is 0 Å². The summed E-state index contributed by atoms with van der Waals surface area (Å²) < 4.78 is 1.81. The molecule has 2 rings (SSSR count). The van der Waals surface area contributed by atoms with Crippen LogP contribution in [-0.4, -0.2) is 4.98 Å². The Morgan fingerprint density at radius 1 is 1.19 bits per heavy atom. The summed E-state index contributed by atoms with van der Waals surface area (Å²) in [5.41, 5.74) is 2.34. The molecule has 0 aliphatic rings. The van der Waals surface area contributed by atoms with Crippen molar-refractivity contribution in [2.24, 2.45) is 0 Å². The van der Waals surface area contributed by atoms with Gasteiger partial charge < -0.3 is 0 Å². The van der Waals surface area contributed by atoms with Gasteiger partial charge in [-0.05, 0) is 18.1 Å². The summed E-state index contributed by atoms with van der Waals surface area (Å²) >= 11 is 7.36. The molecular weight excluding hydrogens is 238 g/mol. The normalized spacial score (nSPS) is 8.88. The second kappa shape index (κ2) is 8.54. The lowest BCUT2D eigenvalue weighted by molar-refractivity contribution is 1.15. The predicted octanol–water partition coefficient (Wildman–Crippen LogP) is 5.56. The number of halogens is 1. The standard InChI is InChI=1S/C9H8ClNS.2C2H6/c1-2-6-4-3-5-7-8(6)11-9(10)12-7;2*1-2/h3-5H,2H2,1H3;2*1-2H3. The Bertz CT molecular complexity index is 409. The predicted molar refractivity (Wildman–Crippen MR) is 76.7 cm³/mol. The van der Waals surface area contributed by atoms with Crippen LogP contribution < -0.4 is 0 Å². The number of aryl methyl sites for hydroxylation is 1. The molecule has 0 amide bonds. The largest absolute Gasteiger partial charge is 0.225 e. The molecule has 0 saturated carbocycles. The van der Waals surface area contributed by atoms with Crippen LogP contribution in [-0.2, 0) is 6.42 Å². The van der Waals surface area contributed by atoms with Crippen molar-refractivity contribution in [2.75, 3.05) is 0 Å². The number of para-hydroxylation sites is 1. The summed E-state index contributed by atoms with van der Waals surface area (Å²) in [7, 11) is 0. The Labute approximate surface area is 107 Å². The second-order valence-electron chi connectivity index (χ2n) is 2.58. The molecule has 0 atom stereocenters. The number of rotatable bonds is 1. The van der Waals surface area contributed by atoms with E-state index in [4.69, 9.17) is 11.6 Å². The summed E-state index contributed by atoms with van der Waals surface area (Å²) in [5.74, 6) is 0. The molecule has 0 spiro atoms. The number of benzene rings is 1. The molecule has 0 aliphatic carbocycles. The van der Waals surface area contributed by atoms with Crippen molar-refractivity contribution in [3.05, 3.63) is 28.2 Å². The zero-order valence-corrected chi connectivity index (χ0v) is 12.2.